The summed E-state index contributed by atoms with van der Waals surface area (Å²) in [5.41, 5.74) is 5.23. The fourth-order valence-electron chi connectivity index (χ4n) is 1.81. The molecule has 0 amide bonds. The zero-order valence-electron chi connectivity index (χ0n) is 10.9. The van der Waals surface area contributed by atoms with Gasteiger partial charge in [0.05, 0.1) is 6.04 Å². The van der Waals surface area contributed by atoms with Crippen LogP contribution in [0, 0.1) is 20.8 Å². The summed E-state index contributed by atoms with van der Waals surface area (Å²) in [6.07, 6.45) is 1.82. The van der Waals surface area contributed by atoms with Gasteiger partial charge in [0.15, 0.2) is 0 Å². The van der Waals surface area contributed by atoms with Crippen LogP contribution >= 0.6 is 0 Å². The van der Waals surface area contributed by atoms with Gasteiger partial charge in [-0.05, 0) is 63.5 Å². The SMILES string of the molecule is Cc1ccc(C[C@H](C=O)N(C)C)c(C)c1C. The van der Waals surface area contributed by atoms with Gasteiger partial charge in [0.1, 0.15) is 6.29 Å². The van der Waals surface area contributed by atoms with Gasteiger partial charge in [-0.15, -0.1) is 0 Å². The average Bonchev–Trinajstić information content (AvgIpc) is 2.25. The Morgan fingerprint density at radius 1 is 1.19 bits per heavy atom. The van der Waals surface area contributed by atoms with Crippen molar-refractivity contribution in [2.75, 3.05) is 14.1 Å². The van der Waals surface area contributed by atoms with Gasteiger partial charge in [-0.3, -0.25) is 4.90 Å². The van der Waals surface area contributed by atoms with E-state index >= 15 is 0 Å². The molecule has 0 heterocycles. The third kappa shape index (κ3) is 2.70. The molecule has 0 aromatic heterocycles. The summed E-state index contributed by atoms with van der Waals surface area (Å²) in [4.78, 5) is 12.9. The third-order valence-corrected chi connectivity index (χ3v) is 3.42. The van der Waals surface area contributed by atoms with Crippen molar-refractivity contribution in [1.29, 1.82) is 0 Å². The molecule has 88 valence electrons. The van der Waals surface area contributed by atoms with E-state index in [4.69, 9.17) is 0 Å². The number of likely N-dealkylation sites (N-methyl/N-ethyl adjacent to an activating group) is 1. The Balaban J connectivity index is 2.97. The number of hydrogen-bond acceptors (Lipinski definition) is 2. The molecule has 0 aliphatic carbocycles. The van der Waals surface area contributed by atoms with Gasteiger partial charge >= 0.3 is 0 Å². The largest absolute Gasteiger partial charge is 0.302 e. The van der Waals surface area contributed by atoms with Crippen LogP contribution in [0.25, 0.3) is 0 Å². The highest BCUT2D eigenvalue weighted by Crippen LogP contribution is 2.18. The average molecular weight is 219 g/mol. The predicted octanol–water partition coefficient (Wildman–Crippen LogP) is 2.28. The van der Waals surface area contributed by atoms with Gasteiger partial charge in [0.2, 0.25) is 0 Å². The highest BCUT2D eigenvalue weighted by Gasteiger charge is 2.13. The molecule has 0 spiro atoms. The van der Waals surface area contributed by atoms with E-state index in [0.29, 0.717) is 0 Å². The summed E-state index contributed by atoms with van der Waals surface area (Å²) in [5.74, 6) is 0. The summed E-state index contributed by atoms with van der Waals surface area (Å²) in [5, 5.41) is 0. The Morgan fingerprint density at radius 3 is 2.31 bits per heavy atom. The number of carbonyl (C=O) groups excluding carboxylic acids is 1. The first-order chi connectivity index (χ1) is 7.47. The second-order valence-corrected chi connectivity index (χ2v) is 4.66. The lowest BCUT2D eigenvalue weighted by Gasteiger charge is -2.20. The standard InChI is InChI=1S/C14H21NO/c1-10-6-7-13(12(3)11(10)2)8-14(9-16)15(4)5/h6-7,9,14H,8H2,1-5H3/t14-/m1/s1. The zero-order chi connectivity index (χ0) is 12.3. The Bertz CT molecular complexity index is 383. The van der Waals surface area contributed by atoms with Crippen LogP contribution in [0.5, 0.6) is 0 Å². The maximum Gasteiger partial charge on any atom is 0.137 e. The van der Waals surface area contributed by atoms with Crippen LogP contribution in [0.15, 0.2) is 12.1 Å². The molecule has 0 bridgehead atoms. The van der Waals surface area contributed by atoms with E-state index in [1.54, 1.807) is 0 Å². The first-order valence-corrected chi connectivity index (χ1v) is 5.64. The molecule has 1 aromatic rings. The Labute approximate surface area is 98.3 Å². The smallest absolute Gasteiger partial charge is 0.137 e. The molecule has 2 heteroatoms. The van der Waals surface area contributed by atoms with E-state index in [2.05, 4.69) is 32.9 Å². The van der Waals surface area contributed by atoms with E-state index in [1.165, 1.54) is 22.3 Å². The molecule has 0 radical (unpaired) electrons. The Hall–Kier alpha value is -1.15. The normalized spacial score (nSPS) is 12.9. The van der Waals surface area contributed by atoms with Crippen LogP contribution in [-0.2, 0) is 11.2 Å². The maximum absolute atomic E-state index is 11.0. The number of nitrogens with zero attached hydrogens (tertiary/aromatic N) is 1. The van der Waals surface area contributed by atoms with Crippen molar-refractivity contribution in [2.24, 2.45) is 0 Å². The minimum absolute atomic E-state index is 0.0270. The monoisotopic (exact) mass is 219 g/mol. The molecule has 2 nitrogen and oxygen atoms in total. The minimum Gasteiger partial charge on any atom is -0.302 e. The molecule has 1 rings (SSSR count). The van der Waals surface area contributed by atoms with Crippen LogP contribution in [0.4, 0.5) is 0 Å². The van der Waals surface area contributed by atoms with Crippen LogP contribution in [-0.4, -0.2) is 31.3 Å². The fourth-order valence-corrected chi connectivity index (χ4v) is 1.81. The van der Waals surface area contributed by atoms with E-state index in [1.807, 2.05) is 19.0 Å². The first kappa shape index (κ1) is 12.9. The van der Waals surface area contributed by atoms with Crippen molar-refractivity contribution in [3.05, 3.63) is 34.4 Å². The van der Waals surface area contributed by atoms with E-state index in [-0.39, 0.29) is 6.04 Å². The van der Waals surface area contributed by atoms with Crippen LogP contribution in [0.1, 0.15) is 22.3 Å². The molecular weight excluding hydrogens is 198 g/mol. The van der Waals surface area contributed by atoms with Crippen molar-refractivity contribution in [3.63, 3.8) is 0 Å². The highest BCUT2D eigenvalue weighted by molar-refractivity contribution is 5.58. The number of rotatable bonds is 4. The molecule has 1 atom stereocenters. The molecule has 1 aromatic carbocycles. The molecule has 16 heavy (non-hydrogen) atoms. The Kier molecular flexibility index (Phi) is 4.25. The summed E-state index contributed by atoms with van der Waals surface area (Å²) >= 11 is 0. The molecule has 0 aliphatic rings. The molecular formula is C14H21NO. The van der Waals surface area contributed by atoms with Gasteiger partial charge < -0.3 is 4.79 Å². The van der Waals surface area contributed by atoms with Gasteiger partial charge in [-0.2, -0.15) is 0 Å². The van der Waals surface area contributed by atoms with Crippen molar-refractivity contribution < 1.29 is 4.79 Å². The van der Waals surface area contributed by atoms with Crippen LogP contribution < -0.4 is 0 Å². The highest BCUT2D eigenvalue weighted by atomic mass is 16.1. The number of aryl methyl sites for hydroxylation is 1. The minimum atomic E-state index is -0.0270. The van der Waals surface area contributed by atoms with Gasteiger partial charge in [0, 0.05) is 0 Å². The van der Waals surface area contributed by atoms with E-state index < -0.39 is 0 Å². The predicted molar refractivity (Wildman–Crippen MR) is 67.9 cm³/mol. The lowest BCUT2D eigenvalue weighted by atomic mass is 9.95. The van der Waals surface area contributed by atoms with Gasteiger partial charge in [0.25, 0.3) is 0 Å². The van der Waals surface area contributed by atoms with Crippen LogP contribution in [0.3, 0.4) is 0 Å². The third-order valence-electron chi connectivity index (χ3n) is 3.42. The number of benzene rings is 1. The quantitative estimate of drug-likeness (QED) is 0.724. The topological polar surface area (TPSA) is 20.3 Å². The summed E-state index contributed by atoms with van der Waals surface area (Å²) in [6, 6.07) is 4.24. The van der Waals surface area contributed by atoms with Crippen molar-refractivity contribution in [2.45, 2.75) is 33.2 Å². The van der Waals surface area contributed by atoms with Crippen molar-refractivity contribution in [1.82, 2.24) is 4.90 Å². The van der Waals surface area contributed by atoms with Crippen molar-refractivity contribution >= 4 is 6.29 Å². The van der Waals surface area contributed by atoms with Gasteiger partial charge in [-0.1, -0.05) is 12.1 Å². The second kappa shape index (κ2) is 5.26. The lowest BCUT2D eigenvalue weighted by Crippen LogP contribution is -2.31. The molecule has 0 unspecified atom stereocenters. The lowest BCUT2D eigenvalue weighted by molar-refractivity contribution is -0.111. The fraction of sp³-hybridized carbons (Fsp3) is 0.500. The molecule has 0 N–H and O–H groups in total. The molecule has 0 saturated heterocycles. The van der Waals surface area contributed by atoms with Crippen molar-refractivity contribution in [3.8, 4) is 0 Å². The Morgan fingerprint density at radius 2 is 1.81 bits per heavy atom. The molecule has 0 saturated carbocycles. The zero-order valence-corrected chi connectivity index (χ0v) is 10.9. The molecule has 0 aliphatic heterocycles. The van der Waals surface area contributed by atoms with Gasteiger partial charge in [-0.25, -0.2) is 0 Å². The summed E-state index contributed by atoms with van der Waals surface area (Å²) in [6.45, 7) is 6.39. The second-order valence-electron chi connectivity index (χ2n) is 4.66. The number of aldehydes is 1. The first-order valence-electron chi connectivity index (χ1n) is 5.64. The van der Waals surface area contributed by atoms with E-state index in [0.717, 1.165) is 12.7 Å². The number of hydrogen-bond donors (Lipinski definition) is 0. The van der Waals surface area contributed by atoms with E-state index in [9.17, 15) is 4.79 Å². The molecule has 0 fully saturated rings. The summed E-state index contributed by atoms with van der Waals surface area (Å²) in [7, 11) is 3.88. The number of carbonyl (C=O) groups is 1. The maximum atomic E-state index is 11.0. The summed E-state index contributed by atoms with van der Waals surface area (Å²) < 4.78 is 0. The van der Waals surface area contributed by atoms with Crippen LogP contribution in [0.2, 0.25) is 0 Å².